The molecule has 0 atom stereocenters. The van der Waals surface area contributed by atoms with E-state index in [9.17, 15) is 0 Å². The topological polar surface area (TPSA) is 28.1 Å². The number of allylic oxidation sites excluding steroid dienone is 1. The molecule has 0 saturated carbocycles. The molecule has 0 saturated heterocycles. The first-order valence-electron chi connectivity index (χ1n) is 4.09. The molecule has 0 fully saturated rings. The highest BCUT2D eigenvalue weighted by Gasteiger charge is 1.95. The van der Waals surface area contributed by atoms with Gasteiger partial charge in [0.05, 0.1) is 0 Å². The highest BCUT2D eigenvalue weighted by molar-refractivity contribution is 5.53. The number of aliphatic imine (C=N–C) groups is 1. The molecule has 0 aromatic carbocycles. The lowest BCUT2D eigenvalue weighted by Gasteiger charge is -1.95. The lowest BCUT2D eigenvalue weighted by atomic mass is 10.2. The van der Waals surface area contributed by atoms with Gasteiger partial charge in [0.15, 0.2) is 0 Å². The molecule has 2 heteroatoms. The van der Waals surface area contributed by atoms with Crippen LogP contribution in [0.4, 0.5) is 0 Å². The number of aromatic nitrogens is 1. The van der Waals surface area contributed by atoms with Gasteiger partial charge in [-0.15, -0.1) is 0 Å². The Hall–Kier alpha value is -1.31. The fourth-order valence-electron chi connectivity index (χ4n) is 1.04. The van der Waals surface area contributed by atoms with Gasteiger partial charge in [-0.25, -0.2) is 0 Å². The highest BCUT2D eigenvalue weighted by atomic mass is 14.7. The molecule has 0 unspecified atom stereocenters. The zero-order valence-electron chi connectivity index (χ0n) is 7.59. The minimum atomic E-state index is 0.919. The summed E-state index contributed by atoms with van der Waals surface area (Å²) in [5.41, 5.74) is 3.38. The van der Waals surface area contributed by atoms with Crippen molar-refractivity contribution in [2.24, 2.45) is 4.99 Å². The monoisotopic (exact) mass is 162 g/mol. The van der Waals surface area contributed by atoms with Gasteiger partial charge >= 0.3 is 0 Å². The van der Waals surface area contributed by atoms with Crippen LogP contribution in [0, 0.1) is 6.92 Å². The first kappa shape index (κ1) is 8.78. The molecule has 2 nitrogen and oxygen atoms in total. The van der Waals surface area contributed by atoms with Crippen molar-refractivity contribution in [2.75, 3.05) is 0 Å². The molecule has 0 aliphatic carbocycles. The predicted molar refractivity (Wildman–Crippen MR) is 53.3 cm³/mol. The van der Waals surface area contributed by atoms with Crippen molar-refractivity contribution in [1.29, 1.82) is 0 Å². The number of H-pyrrole nitrogens is 1. The molecule has 0 aliphatic rings. The quantitative estimate of drug-likeness (QED) is 0.662. The van der Waals surface area contributed by atoms with Crippen molar-refractivity contribution in [2.45, 2.75) is 20.3 Å². The average molecular weight is 162 g/mol. The maximum absolute atomic E-state index is 3.91. The largest absolute Gasteiger partial charge is 0.361 e. The van der Waals surface area contributed by atoms with Crippen molar-refractivity contribution in [3.8, 4) is 0 Å². The third kappa shape index (κ3) is 1.84. The molecule has 1 aromatic rings. The van der Waals surface area contributed by atoms with Gasteiger partial charge in [-0.05, 0) is 37.8 Å². The first-order chi connectivity index (χ1) is 5.77. The fraction of sp³-hybridized carbons (Fsp3) is 0.300. The standard InChI is InChI=1S/C10H14N2/c1-4-9(11-3)7-10-8(2)5-6-12-10/h5-7,12H,3-4H2,1-2H3/b9-7-. The Morgan fingerprint density at radius 1 is 1.75 bits per heavy atom. The Morgan fingerprint density at radius 3 is 2.92 bits per heavy atom. The van der Waals surface area contributed by atoms with Gasteiger partial charge in [0.25, 0.3) is 0 Å². The zero-order chi connectivity index (χ0) is 8.97. The van der Waals surface area contributed by atoms with Gasteiger partial charge in [0.2, 0.25) is 0 Å². The van der Waals surface area contributed by atoms with Gasteiger partial charge < -0.3 is 4.98 Å². The predicted octanol–water partition coefficient (Wildman–Crippen LogP) is 2.77. The Kier molecular flexibility index (Phi) is 2.86. The van der Waals surface area contributed by atoms with Crippen molar-refractivity contribution in [3.05, 3.63) is 29.2 Å². The molecule has 0 aliphatic heterocycles. The fourth-order valence-corrected chi connectivity index (χ4v) is 1.04. The minimum absolute atomic E-state index is 0.919. The summed E-state index contributed by atoms with van der Waals surface area (Å²) in [5, 5.41) is 0. The third-order valence-electron chi connectivity index (χ3n) is 1.87. The maximum Gasteiger partial charge on any atom is 0.0428 e. The smallest absolute Gasteiger partial charge is 0.0428 e. The molecule has 1 N–H and O–H groups in total. The summed E-state index contributed by atoms with van der Waals surface area (Å²) in [6.45, 7) is 7.65. The van der Waals surface area contributed by atoms with Crippen LogP contribution in [0.2, 0.25) is 0 Å². The van der Waals surface area contributed by atoms with Crippen LogP contribution in [0.25, 0.3) is 6.08 Å². The van der Waals surface area contributed by atoms with Crippen LogP contribution >= 0.6 is 0 Å². The Bertz CT molecular complexity index is 295. The van der Waals surface area contributed by atoms with E-state index in [-0.39, 0.29) is 0 Å². The van der Waals surface area contributed by atoms with Crippen LogP contribution in [0.1, 0.15) is 24.6 Å². The summed E-state index contributed by atoms with van der Waals surface area (Å²) in [7, 11) is 0. The van der Waals surface area contributed by atoms with Crippen LogP contribution in [-0.2, 0) is 0 Å². The van der Waals surface area contributed by atoms with Gasteiger partial charge in [0.1, 0.15) is 0 Å². The maximum atomic E-state index is 3.91. The number of nitrogens with one attached hydrogen (secondary N) is 1. The van der Waals surface area contributed by atoms with E-state index >= 15 is 0 Å². The summed E-state index contributed by atoms with van der Waals surface area (Å²) in [4.78, 5) is 7.05. The van der Waals surface area contributed by atoms with Crippen molar-refractivity contribution in [3.63, 3.8) is 0 Å². The van der Waals surface area contributed by atoms with E-state index < -0.39 is 0 Å². The number of aryl methyl sites for hydroxylation is 1. The average Bonchev–Trinajstić information content (AvgIpc) is 2.47. The number of aromatic amines is 1. The van der Waals surface area contributed by atoms with E-state index in [4.69, 9.17) is 0 Å². The summed E-state index contributed by atoms with van der Waals surface area (Å²) < 4.78 is 0. The van der Waals surface area contributed by atoms with E-state index in [1.807, 2.05) is 18.3 Å². The second-order valence-electron chi connectivity index (χ2n) is 2.72. The Morgan fingerprint density at radius 2 is 2.50 bits per heavy atom. The molecule has 1 aromatic heterocycles. The molecular weight excluding hydrogens is 148 g/mol. The van der Waals surface area contributed by atoms with Crippen LogP contribution in [0.5, 0.6) is 0 Å². The zero-order valence-corrected chi connectivity index (χ0v) is 7.59. The van der Waals surface area contributed by atoms with E-state index in [1.54, 1.807) is 0 Å². The molecule has 12 heavy (non-hydrogen) atoms. The molecule has 0 spiro atoms. The second-order valence-corrected chi connectivity index (χ2v) is 2.72. The molecule has 1 rings (SSSR count). The lowest BCUT2D eigenvalue weighted by Crippen LogP contribution is -1.79. The summed E-state index contributed by atoms with van der Waals surface area (Å²) >= 11 is 0. The normalized spacial score (nSPS) is 11.7. The van der Waals surface area contributed by atoms with Crippen molar-refractivity contribution in [1.82, 2.24) is 4.98 Å². The van der Waals surface area contributed by atoms with Crippen LogP contribution in [0.15, 0.2) is 23.0 Å². The summed E-state index contributed by atoms with van der Waals surface area (Å²) in [6.07, 6.45) is 4.88. The highest BCUT2D eigenvalue weighted by Crippen LogP contribution is 2.12. The van der Waals surface area contributed by atoms with E-state index in [0.29, 0.717) is 0 Å². The number of nitrogens with zero attached hydrogens (tertiary/aromatic N) is 1. The number of hydrogen-bond acceptors (Lipinski definition) is 1. The summed E-state index contributed by atoms with van der Waals surface area (Å²) in [6, 6.07) is 2.04. The third-order valence-corrected chi connectivity index (χ3v) is 1.87. The van der Waals surface area contributed by atoms with E-state index in [2.05, 4.69) is 30.5 Å². The van der Waals surface area contributed by atoms with E-state index in [0.717, 1.165) is 17.8 Å². The minimum Gasteiger partial charge on any atom is -0.361 e. The van der Waals surface area contributed by atoms with Gasteiger partial charge in [-0.3, -0.25) is 4.99 Å². The summed E-state index contributed by atoms with van der Waals surface area (Å²) in [5.74, 6) is 0. The molecule has 1 heterocycles. The Labute approximate surface area is 73.0 Å². The van der Waals surface area contributed by atoms with Crippen molar-refractivity contribution < 1.29 is 0 Å². The Balaban J connectivity index is 2.92. The van der Waals surface area contributed by atoms with Crippen LogP contribution in [0.3, 0.4) is 0 Å². The van der Waals surface area contributed by atoms with Gasteiger partial charge in [-0.2, -0.15) is 0 Å². The SMILES string of the molecule is C=N/C(=C\c1[nH]ccc1C)CC. The molecule has 64 valence electrons. The van der Waals surface area contributed by atoms with Crippen molar-refractivity contribution >= 4 is 12.8 Å². The molecular formula is C10H14N2. The lowest BCUT2D eigenvalue weighted by molar-refractivity contribution is 1.08. The van der Waals surface area contributed by atoms with Gasteiger partial charge in [-0.1, -0.05) is 6.92 Å². The number of rotatable bonds is 3. The second kappa shape index (κ2) is 3.90. The molecule has 0 amide bonds. The molecule has 0 radical (unpaired) electrons. The van der Waals surface area contributed by atoms with Gasteiger partial charge in [0, 0.05) is 17.6 Å². The van der Waals surface area contributed by atoms with E-state index in [1.165, 1.54) is 5.56 Å². The van der Waals surface area contributed by atoms with Crippen LogP contribution in [-0.4, -0.2) is 11.7 Å². The molecule has 0 bridgehead atoms. The van der Waals surface area contributed by atoms with Crippen LogP contribution < -0.4 is 0 Å². The first-order valence-corrected chi connectivity index (χ1v) is 4.09. The number of hydrogen-bond donors (Lipinski definition) is 1.